The van der Waals surface area contributed by atoms with Crippen LogP contribution in [0.5, 0.6) is 11.5 Å². The standard InChI is InChI=1S/C25H20FIN2O4/c1-32-23-13-18(6-11-22(23)33-15-17-4-9-20(27)10-5-17)12-21-24(30)29(25(31)28-21)14-16-2-7-19(26)8-3-16/h2-13H,14-15H2,1H3,(H,28,31)/b21-12+. The monoisotopic (exact) mass is 558 g/mol. The zero-order valence-corrected chi connectivity index (χ0v) is 19.8. The van der Waals surface area contributed by atoms with E-state index in [1.165, 1.54) is 31.4 Å². The molecule has 0 saturated carbocycles. The van der Waals surface area contributed by atoms with Gasteiger partial charge in [0, 0.05) is 3.57 Å². The summed E-state index contributed by atoms with van der Waals surface area (Å²) in [4.78, 5) is 26.1. The summed E-state index contributed by atoms with van der Waals surface area (Å²) in [5, 5.41) is 2.59. The van der Waals surface area contributed by atoms with Gasteiger partial charge in [-0.3, -0.25) is 9.69 Å². The predicted molar refractivity (Wildman–Crippen MR) is 130 cm³/mol. The summed E-state index contributed by atoms with van der Waals surface area (Å²) < 4.78 is 25.6. The third-order valence-corrected chi connectivity index (χ3v) is 5.74. The second kappa shape index (κ2) is 10.0. The minimum absolute atomic E-state index is 0.0525. The fourth-order valence-electron chi connectivity index (χ4n) is 3.29. The minimum Gasteiger partial charge on any atom is -0.493 e. The molecule has 8 heteroatoms. The Morgan fingerprint density at radius 3 is 2.36 bits per heavy atom. The Kier molecular flexibility index (Phi) is 6.93. The van der Waals surface area contributed by atoms with E-state index in [1.54, 1.807) is 24.3 Å². The molecule has 1 saturated heterocycles. The summed E-state index contributed by atoms with van der Waals surface area (Å²) in [5.41, 5.74) is 2.50. The molecule has 1 aliphatic heterocycles. The van der Waals surface area contributed by atoms with Crippen molar-refractivity contribution in [1.29, 1.82) is 0 Å². The maximum Gasteiger partial charge on any atom is 0.329 e. The van der Waals surface area contributed by atoms with Crippen molar-refractivity contribution in [3.8, 4) is 11.5 Å². The second-order valence-electron chi connectivity index (χ2n) is 7.33. The second-order valence-corrected chi connectivity index (χ2v) is 8.58. The minimum atomic E-state index is -0.528. The van der Waals surface area contributed by atoms with E-state index in [9.17, 15) is 14.0 Å². The fourth-order valence-corrected chi connectivity index (χ4v) is 3.65. The smallest absolute Gasteiger partial charge is 0.329 e. The summed E-state index contributed by atoms with van der Waals surface area (Å²) in [6.07, 6.45) is 1.58. The van der Waals surface area contributed by atoms with Crippen molar-refractivity contribution in [2.24, 2.45) is 0 Å². The van der Waals surface area contributed by atoms with Crippen molar-refractivity contribution in [1.82, 2.24) is 10.2 Å². The normalized spacial score (nSPS) is 14.5. The zero-order chi connectivity index (χ0) is 23.4. The Hall–Kier alpha value is -3.40. The largest absolute Gasteiger partial charge is 0.493 e. The van der Waals surface area contributed by atoms with Crippen LogP contribution in [0.3, 0.4) is 0 Å². The lowest BCUT2D eigenvalue weighted by atomic mass is 10.1. The van der Waals surface area contributed by atoms with Gasteiger partial charge in [0.1, 0.15) is 18.1 Å². The van der Waals surface area contributed by atoms with Gasteiger partial charge in [0.25, 0.3) is 5.91 Å². The summed E-state index contributed by atoms with van der Waals surface area (Å²) >= 11 is 2.25. The van der Waals surface area contributed by atoms with Crippen molar-refractivity contribution < 1.29 is 23.5 Å². The lowest BCUT2D eigenvalue weighted by molar-refractivity contribution is -0.123. The van der Waals surface area contributed by atoms with Crippen molar-refractivity contribution in [3.05, 3.63) is 98.5 Å². The molecule has 168 valence electrons. The number of imide groups is 1. The molecule has 1 N–H and O–H groups in total. The number of amides is 3. The predicted octanol–water partition coefficient (Wildman–Crippen LogP) is 5.11. The highest BCUT2D eigenvalue weighted by atomic mass is 127. The average Bonchev–Trinajstić information content (AvgIpc) is 3.07. The lowest BCUT2D eigenvalue weighted by Crippen LogP contribution is -2.30. The quantitative estimate of drug-likeness (QED) is 0.249. The van der Waals surface area contributed by atoms with E-state index in [4.69, 9.17) is 9.47 Å². The topological polar surface area (TPSA) is 67.9 Å². The van der Waals surface area contributed by atoms with E-state index in [2.05, 4.69) is 27.9 Å². The van der Waals surface area contributed by atoms with Gasteiger partial charge in [0.15, 0.2) is 11.5 Å². The number of methoxy groups -OCH3 is 1. The van der Waals surface area contributed by atoms with Crippen molar-refractivity contribution in [3.63, 3.8) is 0 Å². The maximum absolute atomic E-state index is 13.1. The molecule has 1 fully saturated rings. The Bertz CT molecular complexity index is 1210. The maximum atomic E-state index is 13.1. The van der Waals surface area contributed by atoms with Crippen LogP contribution in [0.1, 0.15) is 16.7 Å². The van der Waals surface area contributed by atoms with Crippen molar-refractivity contribution in [2.45, 2.75) is 13.2 Å². The third kappa shape index (κ3) is 5.51. The molecule has 3 aromatic rings. The Balaban J connectivity index is 1.47. The van der Waals surface area contributed by atoms with E-state index in [0.29, 0.717) is 29.2 Å². The highest BCUT2D eigenvalue weighted by Crippen LogP contribution is 2.30. The van der Waals surface area contributed by atoms with Crippen LogP contribution >= 0.6 is 22.6 Å². The molecule has 0 aromatic heterocycles. The van der Waals surface area contributed by atoms with Crippen LogP contribution in [0.2, 0.25) is 0 Å². The summed E-state index contributed by atoms with van der Waals surface area (Å²) in [6, 6.07) is 18.4. The van der Waals surface area contributed by atoms with Crippen LogP contribution in [0.15, 0.2) is 72.4 Å². The first-order chi connectivity index (χ1) is 15.9. The molecule has 3 amide bonds. The average molecular weight is 558 g/mol. The first kappa shape index (κ1) is 22.8. The van der Waals surface area contributed by atoms with Crippen molar-refractivity contribution in [2.75, 3.05) is 7.11 Å². The molecule has 0 unspecified atom stereocenters. The Labute approximate surface area is 204 Å². The van der Waals surface area contributed by atoms with Gasteiger partial charge in [-0.05, 0) is 81.8 Å². The van der Waals surface area contributed by atoms with Crippen LogP contribution < -0.4 is 14.8 Å². The number of carbonyl (C=O) groups excluding carboxylic acids is 2. The van der Waals surface area contributed by atoms with Gasteiger partial charge in [-0.15, -0.1) is 0 Å². The highest BCUT2D eigenvalue weighted by molar-refractivity contribution is 14.1. The van der Waals surface area contributed by atoms with E-state index < -0.39 is 11.9 Å². The first-order valence-electron chi connectivity index (χ1n) is 10.1. The molecule has 6 nitrogen and oxygen atoms in total. The number of nitrogens with zero attached hydrogens (tertiary/aromatic N) is 1. The summed E-state index contributed by atoms with van der Waals surface area (Å²) in [6.45, 7) is 0.442. The number of hydrogen-bond acceptors (Lipinski definition) is 4. The summed E-state index contributed by atoms with van der Waals surface area (Å²) in [5.74, 6) is 0.242. The highest BCUT2D eigenvalue weighted by Gasteiger charge is 2.33. The van der Waals surface area contributed by atoms with Gasteiger partial charge in [-0.25, -0.2) is 9.18 Å². The van der Waals surface area contributed by atoms with Gasteiger partial charge in [-0.1, -0.05) is 30.3 Å². The van der Waals surface area contributed by atoms with E-state index in [1.807, 2.05) is 24.3 Å². The molecule has 0 atom stereocenters. The fraction of sp³-hybridized carbons (Fsp3) is 0.120. The number of benzene rings is 3. The van der Waals surface area contributed by atoms with Crippen LogP contribution in [0.25, 0.3) is 6.08 Å². The number of hydrogen-bond donors (Lipinski definition) is 1. The van der Waals surface area contributed by atoms with E-state index in [-0.39, 0.29) is 18.1 Å². The Morgan fingerprint density at radius 2 is 1.67 bits per heavy atom. The molecule has 0 spiro atoms. The molecule has 3 aromatic carbocycles. The molecule has 0 aliphatic carbocycles. The van der Waals surface area contributed by atoms with Gasteiger partial charge < -0.3 is 14.8 Å². The van der Waals surface area contributed by atoms with E-state index in [0.717, 1.165) is 14.0 Å². The first-order valence-corrected chi connectivity index (χ1v) is 11.1. The number of nitrogens with one attached hydrogen (secondary N) is 1. The van der Waals surface area contributed by atoms with Crippen LogP contribution in [0.4, 0.5) is 9.18 Å². The SMILES string of the molecule is COc1cc(/C=C2/NC(=O)N(Cc3ccc(F)cc3)C2=O)ccc1OCc1ccc(I)cc1. The van der Waals surface area contributed by atoms with Gasteiger partial charge in [0.05, 0.1) is 13.7 Å². The molecular weight excluding hydrogens is 538 g/mol. The molecular formula is C25H20FIN2O4. The molecule has 4 rings (SSSR count). The van der Waals surface area contributed by atoms with Crippen LogP contribution in [-0.4, -0.2) is 23.9 Å². The molecule has 0 bridgehead atoms. The number of ether oxygens (including phenoxy) is 2. The number of carbonyl (C=O) groups is 2. The third-order valence-electron chi connectivity index (χ3n) is 5.02. The molecule has 0 radical (unpaired) electrons. The number of rotatable bonds is 7. The lowest BCUT2D eigenvalue weighted by Gasteiger charge is -2.12. The van der Waals surface area contributed by atoms with Gasteiger partial charge in [0.2, 0.25) is 0 Å². The summed E-state index contributed by atoms with van der Waals surface area (Å²) in [7, 11) is 1.54. The van der Waals surface area contributed by atoms with Gasteiger partial charge in [-0.2, -0.15) is 0 Å². The number of halogens is 2. The van der Waals surface area contributed by atoms with Crippen molar-refractivity contribution >= 4 is 40.6 Å². The van der Waals surface area contributed by atoms with Crippen LogP contribution in [-0.2, 0) is 17.9 Å². The molecule has 1 heterocycles. The van der Waals surface area contributed by atoms with Gasteiger partial charge >= 0.3 is 6.03 Å². The molecule has 33 heavy (non-hydrogen) atoms. The van der Waals surface area contributed by atoms with Crippen LogP contribution in [0, 0.1) is 9.39 Å². The van der Waals surface area contributed by atoms with E-state index >= 15 is 0 Å². The molecule has 1 aliphatic rings. The zero-order valence-electron chi connectivity index (χ0n) is 17.7. The number of urea groups is 1. The Morgan fingerprint density at radius 1 is 0.970 bits per heavy atom.